The van der Waals surface area contributed by atoms with Crippen LogP contribution in [0, 0.1) is 11.6 Å². The van der Waals surface area contributed by atoms with Crippen molar-refractivity contribution in [2.75, 3.05) is 0 Å². The van der Waals surface area contributed by atoms with Gasteiger partial charge in [0.2, 0.25) is 0 Å². The Morgan fingerprint density at radius 1 is 1.42 bits per heavy atom. The fourth-order valence-corrected chi connectivity index (χ4v) is 2.72. The lowest BCUT2D eigenvalue weighted by molar-refractivity contribution is 0.191. The van der Waals surface area contributed by atoms with Crippen molar-refractivity contribution < 1.29 is 13.5 Å². The van der Waals surface area contributed by atoms with Crippen molar-refractivity contribution in [2.24, 2.45) is 0 Å². The number of rotatable bonds is 5. The molecule has 0 aliphatic heterocycles. The van der Waals surface area contributed by atoms with Crippen LogP contribution >= 0.6 is 22.9 Å². The molecule has 0 N–H and O–H groups in total. The first kappa shape index (κ1) is 14.2. The van der Waals surface area contributed by atoms with Crippen LogP contribution in [-0.4, -0.2) is 4.98 Å². The monoisotopic (exact) mass is 303 g/mol. The van der Waals surface area contributed by atoms with Crippen LogP contribution in [0.15, 0.2) is 23.6 Å². The molecule has 2 rings (SSSR count). The van der Waals surface area contributed by atoms with Gasteiger partial charge in [-0.25, -0.2) is 13.8 Å². The quantitative estimate of drug-likeness (QED) is 0.748. The molecule has 1 heterocycles. The molecule has 0 aliphatic rings. The van der Waals surface area contributed by atoms with E-state index in [1.54, 1.807) is 0 Å². The summed E-state index contributed by atoms with van der Waals surface area (Å²) in [5.74, 6) is -0.906. The smallest absolute Gasteiger partial charge is 0.165 e. The predicted octanol–water partition coefficient (Wildman–Crippen LogP) is 4.69. The molecule has 0 spiro atoms. The topological polar surface area (TPSA) is 22.1 Å². The van der Waals surface area contributed by atoms with Gasteiger partial charge in [-0.1, -0.05) is 6.92 Å². The van der Waals surface area contributed by atoms with Crippen LogP contribution in [0.2, 0.25) is 0 Å². The highest BCUT2D eigenvalue weighted by molar-refractivity contribution is 7.09. The van der Waals surface area contributed by atoms with Crippen molar-refractivity contribution >= 4 is 22.9 Å². The molecule has 2 aromatic rings. The average Bonchev–Trinajstić information content (AvgIpc) is 2.88. The third kappa shape index (κ3) is 3.42. The van der Waals surface area contributed by atoms with Gasteiger partial charge in [0.1, 0.15) is 16.9 Å². The van der Waals surface area contributed by atoms with E-state index in [1.165, 1.54) is 11.3 Å². The molecular weight excluding hydrogens is 292 g/mol. The van der Waals surface area contributed by atoms with Crippen molar-refractivity contribution in [2.45, 2.75) is 25.3 Å². The Hall–Kier alpha value is -1.20. The van der Waals surface area contributed by atoms with Gasteiger partial charge < -0.3 is 4.74 Å². The van der Waals surface area contributed by atoms with Gasteiger partial charge in [-0.3, -0.25) is 0 Å². The third-order valence-corrected chi connectivity index (χ3v) is 3.77. The zero-order valence-electron chi connectivity index (χ0n) is 10.2. The predicted molar refractivity (Wildman–Crippen MR) is 71.7 cm³/mol. The summed E-state index contributed by atoms with van der Waals surface area (Å²) in [6.45, 7) is 1.89. The Morgan fingerprint density at radius 2 is 2.21 bits per heavy atom. The number of benzene rings is 1. The lowest BCUT2D eigenvalue weighted by atomic mass is 10.2. The molecule has 1 aromatic heterocycles. The first-order valence-electron chi connectivity index (χ1n) is 5.76. The number of hydrogen-bond donors (Lipinski definition) is 0. The first-order valence-corrected chi connectivity index (χ1v) is 7.17. The van der Waals surface area contributed by atoms with E-state index in [9.17, 15) is 8.78 Å². The van der Waals surface area contributed by atoms with Gasteiger partial charge in [0.25, 0.3) is 0 Å². The maximum Gasteiger partial charge on any atom is 0.165 e. The Morgan fingerprint density at radius 3 is 2.84 bits per heavy atom. The molecule has 0 saturated carbocycles. The second-order valence-electron chi connectivity index (χ2n) is 3.90. The second-order valence-corrected chi connectivity index (χ2v) is 5.06. The molecule has 0 saturated heterocycles. The molecule has 0 fully saturated rings. The number of halogens is 3. The summed E-state index contributed by atoms with van der Waals surface area (Å²) in [6, 6.07) is 3.13. The van der Waals surface area contributed by atoms with E-state index in [4.69, 9.17) is 16.3 Å². The first-order chi connectivity index (χ1) is 9.13. The van der Waals surface area contributed by atoms with E-state index in [1.807, 2.05) is 12.3 Å². The summed E-state index contributed by atoms with van der Waals surface area (Å²) in [6.07, 6.45) is 0.198. The fourth-order valence-electron chi connectivity index (χ4n) is 1.56. The molecule has 1 atom stereocenters. The molecule has 6 heteroatoms. The molecule has 2 nitrogen and oxygen atoms in total. The minimum atomic E-state index is -0.589. The Kier molecular flexibility index (Phi) is 4.71. The van der Waals surface area contributed by atoms with Crippen LogP contribution in [0.25, 0.3) is 0 Å². The molecule has 19 heavy (non-hydrogen) atoms. The van der Waals surface area contributed by atoms with E-state index in [2.05, 4.69) is 4.98 Å². The molecule has 1 aromatic carbocycles. The summed E-state index contributed by atoms with van der Waals surface area (Å²) in [7, 11) is 0. The number of thiazole rings is 1. The Bertz CT molecular complexity index is 561. The van der Waals surface area contributed by atoms with E-state index in [0.29, 0.717) is 17.3 Å². The lowest BCUT2D eigenvalue weighted by Crippen LogP contribution is -2.07. The standard InChI is InChI=1S/C13H12ClF2NOS/c1-2-11(13-17-9(6-14)7-19-13)18-12-5-8(15)3-4-10(12)16/h3-5,7,11H,2,6H2,1H3. The van der Waals surface area contributed by atoms with E-state index >= 15 is 0 Å². The zero-order chi connectivity index (χ0) is 13.8. The zero-order valence-corrected chi connectivity index (χ0v) is 11.8. The highest BCUT2D eigenvalue weighted by atomic mass is 35.5. The number of hydrogen-bond acceptors (Lipinski definition) is 3. The largest absolute Gasteiger partial charge is 0.480 e. The van der Waals surface area contributed by atoms with Gasteiger partial charge in [0, 0.05) is 11.4 Å². The maximum absolute atomic E-state index is 13.5. The molecule has 1 unspecified atom stereocenters. The summed E-state index contributed by atoms with van der Waals surface area (Å²) in [5.41, 5.74) is 0.753. The second kappa shape index (κ2) is 6.30. The van der Waals surface area contributed by atoms with Gasteiger partial charge in [-0.2, -0.15) is 0 Å². The van der Waals surface area contributed by atoms with Crippen molar-refractivity contribution in [1.82, 2.24) is 4.98 Å². The summed E-state index contributed by atoms with van der Waals surface area (Å²) < 4.78 is 32.1. The highest BCUT2D eigenvalue weighted by Gasteiger charge is 2.17. The van der Waals surface area contributed by atoms with Crippen LogP contribution in [0.3, 0.4) is 0 Å². The van der Waals surface area contributed by atoms with E-state index in [-0.39, 0.29) is 5.75 Å². The molecular formula is C13H12ClF2NOS. The molecule has 0 radical (unpaired) electrons. The molecule has 102 valence electrons. The van der Waals surface area contributed by atoms with E-state index in [0.717, 1.165) is 23.9 Å². The summed E-state index contributed by atoms with van der Waals surface area (Å²) in [5, 5.41) is 2.54. The van der Waals surface area contributed by atoms with Crippen LogP contribution in [0.5, 0.6) is 5.75 Å². The SMILES string of the molecule is CCC(Oc1cc(F)ccc1F)c1nc(CCl)cs1. The van der Waals surface area contributed by atoms with Crippen molar-refractivity contribution in [3.63, 3.8) is 0 Å². The fraction of sp³-hybridized carbons (Fsp3) is 0.308. The van der Waals surface area contributed by atoms with Gasteiger partial charge in [0.05, 0.1) is 11.6 Å². The number of aromatic nitrogens is 1. The number of nitrogens with zero attached hydrogens (tertiary/aromatic N) is 1. The third-order valence-electron chi connectivity index (χ3n) is 2.52. The van der Waals surface area contributed by atoms with Crippen molar-refractivity contribution in [3.05, 3.63) is 45.9 Å². The normalized spacial score (nSPS) is 12.4. The van der Waals surface area contributed by atoms with Gasteiger partial charge in [0.15, 0.2) is 11.6 Å². The number of alkyl halides is 1. The average molecular weight is 304 g/mol. The maximum atomic E-state index is 13.5. The highest BCUT2D eigenvalue weighted by Crippen LogP contribution is 2.29. The lowest BCUT2D eigenvalue weighted by Gasteiger charge is -2.15. The van der Waals surface area contributed by atoms with Crippen LogP contribution < -0.4 is 4.74 Å². The van der Waals surface area contributed by atoms with Crippen molar-refractivity contribution in [1.29, 1.82) is 0 Å². The molecule has 0 amide bonds. The van der Waals surface area contributed by atoms with Gasteiger partial charge in [-0.05, 0) is 18.6 Å². The minimum Gasteiger partial charge on any atom is -0.480 e. The van der Waals surface area contributed by atoms with Gasteiger partial charge >= 0.3 is 0 Å². The molecule has 0 bridgehead atoms. The summed E-state index contributed by atoms with van der Waals surface area (Å²) >= 11 is 7.09. The number of ether oxygens (including phenoxy) is 1. The summed E-state index contributed by atoms with van der Waals surface area (Å²) in [4.78, 5) is 4.29. The minimum absolute atomic E-state index is 0.102. The van der Waals surface area contributed by atoms with Gasteiger partial charge in [-0.15, -0.1) is 22.9 Å². The van der Waals surface area contributed by atoms with Crippen molar-refractivity contribution in [3.8, 4) is 5.75 Å². The van der Waals surface area contributed by atoms with Crippen LogP contribution in [-0.2, 0) is 5.88 Å². The van der Waals surface area contributed by atoms with Crippen LogP contribution in [0.4, 0.5) is 8.78 Å². The molecule has 0 aliphatic carbocycles. The Balaban J connectivity index is 2.21. The Labute approximate surface area is 119 Å². The van der Waals surface area contributed by atoms with E-state index < -0.39 is 17.7 Å². The van der Waals surface area contributed by atoms with Crippen LogP contribution in [0.1, 0.15) is 30.2 Å².